The minimum absolute atomic E-state index is 0.177. The quantitative estimate of drug-likeness (QED) is 0.549. The molecule has 0 amide bonds. The monoisotopic (exact) mass is 387 g/mol. The summed E-state index contributed by atoms with van der Waals surface area (Å²) in [7, 11) is -0.988. The topological polar surface area (TPSA) is 108 Å². The number of fused-ring (bicyclic) bond motifs is 1. The molecule has 0 saturated heterocycles. The second-order valence-electron chi connectivity index (χ2n) is 5.78. The van der Waals surface area contributed by atoms with Crippen LogP contribution in [0.25, 0.3) is 11.2 Å². The number of hydrogen-bond donors (Lipinski definition) is 1. The fourth-order valence-electron chi connectivity index (χ4n) is 2.30. The normalized spacial score (nSPS) is 11.3. The Kier molecular flexibility index (Phi) is 9.40. The first-order valence-electron chi connectivity index (χ1n) is 8.82. The second kappa shape index (κ2) is 11.0. The number of aryl methyl sites for hydroxylation is 2. The van der Waals surface area contributed by atoms with E-state index in [1.165, 1.54) is 28.3 Å². The zero-order chi connectivity index (χ0) is 19.7. The molecule has 0 fully saturated rings. The first-order chi connectivity index (χ1) is 12.4. The van der Waals surface area contributed by atoms with Crippen LogP contribution in [0.2, 0.25) is 0 Å². The molecule has 2 rings (SSSR count). The van der Waals surface area contributed by atoms with Crippen LogP contribution in [0.15, 0.2) is 15.9 Å². The lowest BCUT2D eigenvalue weighted by Gasteiger charge is -2.07. The number of imidazole rings is 1. The SMILES string of the molecule is CCCC.CCn1c(=O)c2c(ncn2CCCCO[P+](=O)O)n(C)c1=O. The maximum atomic E-state index is 12.4. The first kappa shape index (κ1) is 22.2. The minimum Gasteiger partial charge on any atom is -0.325 e. The maximum absolute atomic E-state index is 12.4. The Morgan fingerprint density at radius 2 is 1.85 bits per heavy atom. The zero-order valence-electron chi connectivity index (χ0n) is 15.8. The molecular weight excluding hydrogens is 359 g/mol. The molecule has 2 aromatic rings. The summed E-state index contributed by atoms with van der Waals surface area (Å²) in [6.07, 6.45) is 5.40. The van der Waals surface area contributed by atoms with Crippen LogP contribution in [0.4, 0.5) is 0 Å². The molecule has 0 aliphatic rings. The maximum Gasteiger partial charge on any atom is 0.694 e. The van der Waals surface area contributed by atoms with E-state index in [9.17, 15) is 14.2 Å². The van der Waals surface area contributed by atoms with Gasteiger partial charge in [0.2, 0.25) is 0 Å². The van der Waals surface area contributed by atoms with Gasteiger partial charge in [-0.3, -0.25) is 13.9 Å². The highest BCUT2D eigenvalue weighted by molar-refractivity contribution is 7.32. The third-order valence-electron chi connectivity index (χ3n) is 3.91. The van der Waals surface area contributed by atoms with Crippen LogP contribution >= 0.6 is 8.25 Å². The molecule has 0 aromatic carbocycles. The summed E-state index contributed by atoms with van der Waals surface area (Å²) >= 11 is 0. The molecule has 1 atom stereocenters. The van der Waals surface area contributed by atoms with Crippen molar-refractivity contribution in [2.24, 2.45) is 7.05 Å². The van der Waals surface area contributed by atoms with Crippen LogP contribution in [-0.4, -0.2) is 30.2 Å². The molecule has 2 aromatic heterocycles. The van der Waals surface area contributed by atoms with Gasteiger partial charge in [0.05, 0.1) is 6.33 Å². The third-order valence-corrected chi connectivity index (χ3v) is 4.32. The van der Waals surface area contributed by atoms with Gasteiger partial charge >= 0.3 is 13.9 Å². The second-order valence-corrected chi connectivity index (χ2v) is 6.51. The van der Waals surface area contributed by atoms with E-state index < -0.39 is 8.25 Å². The predicted octanol–water partition coefficient (Wildman–Crippen LogP) is 2.17. The molecule has 26 heavy (non-hydrogen) atoms. The largest absolute Gasteiger partial charge is 0.694 e. The standard InChI is InChI=1S/C12H17N4O5P.C4H10/c1-3-16-11(17)9-10(14(2)12(16)18)13-8-15(9)6-4-5-7-21-22(19)20;1-3-4-2/h8H,3-7H2,1-2H3;3-4H2,1-2H3/p+1. The van der Waals surface area contributed by atoms with Crippen molar-refractivity contribution >= 4 is 19.4 Å². The molecule has 146 valence electrons. The number of nitrogens with zero attached hydrogens (tertiary/aromatic N) is 4. The molecule has 0 saturated carbocycles. The Morgan fingerprint density at radius 1 is 1.19 bits per heavy atom. The predicted molar refractivity (Wildman–Crippen MR) is 101 cm³/mol. The van der Waals surface area contributed by atoms with Crippen LogP contribution in [0, 0.1) is 0 Å². The van der Waals surface area contributed by atoms with Gasteiger partial charge in [-0.1, -0.05) is 26.7 Å². The van der Waals surface area contributed by atoms with Crippen molar-refractivity contribution < 1.29 is 14.0 Å². The van der Waals surface area contributed by atoms with Crippen LogP contribution in [0.3, 0.4) is 0 Å². The lowest BCUT2D eigenvalue weighted by Crippen LogP contribution is -2.39. The summed E-state index contributed by atoms with van der Waals surface area (Å²) in [5.41, 5.74) is 0.00525. The van der Waals surface area contributed by atoms with Gasteiger partial charge in [-0.2, -0.15) is 0 Å². The third kappa shape index (κ3) is 5.59. The molecule has 2 heterocycles. The minimum atomic E-state index is -2.57. The fourth-order valence-corrected chi connectivity index (χ4v) is 2.58. The summed E-state index contributed by atoms with van der Waals surface area (Å²) in [6.45, 7) is 7.09. The summed E-state index contributed by atoms with van der Waals surface area (Å²) in [5.74, 6) is 0. The van der Waals surface area contributed by atoms with Crippen molar-refractivity contribution in [3.8, 4) is 0 Å². The Balaban J connectivity index is 0.000000765. The van der Waals surface area contributed by atoms with Gasteiger partial charge in [0.15, 0.2) is 11.2 Å². The summed E-state index contributed by atoms with van der Waals surface area (Å²) in [6, 6.07) is 0. The molecule has 0 spiro atoms. The number of unbranched alkanes of at least 4 members (excludes halogenated alkanes) is 2. The summed E-state index contributed by atoms with van der Waals surface area (Å²) in [4.78, 5) is 37.1. The van der Waals surface area contributed by atoms with E-state index >= 15 is 0 Å². The first-order valence-corrected chi connectivity index (χ1v) is 9.95. The van der Waals surface area contributed by atoms with Crippen molar-refractivity contribution in [3.05, 3.63) is 27.2 Å². The van der Waals surface area contributed by atoms with Crippen molar-refractivity contribution in [1.82, 2.24) is 18.7 Å². The molecule has 0 bridgehead atoms. The Bertz CT molecular complexity index is 838. The van der Waals surface area contributed by atoms with Crippen molar-refractivity contribution in [1.29, 1.82) is 0 Å². The van der Waals surface area contributed by atoms with Gasteiger partial charge in [0, 0.05) is 24.7 Å². The lowest BCUT2D eigenvalue weighted by molar-refractivity contribution is 0.273. The fraction of sp³-hybridized carbons (Fsp3) is 0.688. The highest BCUT2D eigenvalue weighted by atomic mass is 31.1. The number of aromatic nitrogens is 4. The Morgan fingerprint density at radius 3 is 2.38 bits per heavy atom. The number of hydrogen-bond acceptors (Lipinski definition) is 5. The van der Waals surface area contributed by atoms with E-state index in [0.717, 1.165) is 0 Å². The summed E-state index contributed by atoms with van der Waals surface area (Å²) in [5, 5.41) is 0. The molecule has 0 aliphatic heterocycles. The molecule has 1 N–H and O–H groups in total. The molecular formula is C16H28N4O5P+. The summed E-state index contributed by atoms with van der Waals surface area (Å²) < 4.78 is 19.2. The van der Waals surface area contributed by atoms with Gasteiger partial charge < -0.3 is 4.57 Å². The van der Waals surface area contributed by atoms with E-state index in [2.05, 4.69) is 23.4 Å². The van der Waals surface area contributed by atoms with Crippen LogP contribution in [-0.2, 0) is 29.2 Å². The van der Waals surface area contributed by atoms with E-state index in [-0.39, 0.29) is 17.9 Å². The number of rotatable bonds is 8. The van der Waals surface area contributed by atoms with Crippen LogP contribution in [0.5, 0.6) is 0 Å². The van der Waals surface area contributed by atoms with E-state index in [4.69, 9.17) is 4.89 Å². The average molecular weight is 387 g/mol. The molecule has 0 aliphatic carbocycles. The molecule has 0 radical (unpaired) electrons. The Hall–Kier alpha value is -1.83. The molecule has 10 heteroatoms. The van der Waals surface area contributed by atoms with Gasteiger partial charge in [0.1, 0.15) is 6.61 Å². The van der Waals surface area contributed by atoms with Gasteiger partial charge in [-0.25, -0.2) is 9.78 Å². The molecule has 9 nitrogen and oxygen atoms in total. The van der Waals surface area contributed by atoms with E-state index in [1.807, 2.05) is 0 Å². The van der Waals surface area contributed by atoms with E-state index in [0.29, 0.717) is 37.1 Å². The van der Waals surface area contributed by atoms with Gasteiger partial charge in [-0.05, 0) is 19.8 Å². The lowest BCUT2D eigenvalue weighted by atomic mass is 10.3. The van der Waals surface area contributed by atoms with Crippen molar-refractivity contribution in [2.45, 2.75) is 59.5 Å². The van der Waals surface area contributed by atoms with Gasteiger partial charge in [0.25, 0.3) is 5.56 Å². The average Bonchev–Trinajstić information content (AvgIpc) is 3.04. The highest BCUT2D eigenvalue weighted by Crippen LogP contribution is 2.15. The van der Waals surface area contributed by atoms with Crippen molar-refractivity contribution in [3.63, 3.8) is 0 Å². The zero-order valence-corrected chi connectivity index (χ0v) is 16.7. The Labute approximate surface area is 153 Å². The smallest absolute Gasteiger partial charge is 0.325 e. The molecule has 1 unspecified atom stereocenters. The van der Waals surface area contributed by atoms with E-state index in [1.54, 1.807) is 18.5 Å². The highest BCUT2D eigenvalue weighted by Gasteiger charge is 2.15. The van der Waals surface area contributed by atoms with Crippen molar-refractivity contribution in [2.75, 3.05) is 6.61 Å². The van der Waals surface area contributed by atoms with Crippen LogP contribution < -0.4 is 11.2 Å². The van der Waals surface area contributed by atoms with Gasteiger partial charge in [-0.15, -0.1) is 9.42 Å². The van der Waals surface area contributed by atoms with Crippen LogP contribution in [0.1, 0.15) is 46.5 Å².